The lowest BCUT2D eigenvalue weighted by molar-refractivity contribution is 0.658. The molecule has 5 heteroatoms. The minimum atomic E-state index is -0.250. The molecule has 0 aliphatic rings. The first-order chi connectivity index (χ1) is 8.81. The van der Waals surface area contributed by atoms with Crippen molar-refractivity contribution in [1.29, 1.82) is 0 Å². The van der Waals surface area contributed by atoms with Gasteiger partial charge in [-0.2, -0.15) is 5.10 Å². The van der Waals surface area contributed by atoms with Gasteiger partial charge in [0.05, 0.1) is 17.8 Å². The molecule has 1 atom stereocenters. The molecule has 0 aromatic carbocycles. The van der Waals surface area contributed by atoms with Gasteiger partial charge >= 0.3 is 0 Å². The summed E-state index contributed by atoms with van der Waals surface area (Å²) in [5, 5.41) is 4.30. The highest BCUT2D eigenvalue weighted by molar-refractivity contribution is 5.56. The molecule has 0 bridgehead atoms. The van der Waals surface area contributed by atoms with Gasteiger partial charge in [0.2, 0.25) is 0 Å². The lowest BCUT2D eigenvalue weighted by Gasteiger charge is -2.11. The van der Waals surface area contributed by atoms with E-state index in [-0.39, 0.29) is 6.04 Å². The number of nitrogens with zero attached hydrogens (tertiary/aromatic N) is 4. The number of aromatic nitrogens is 4. The number of hydrogen-bond donors (Lipinski definition) is 1. The monoisotopic (exact) mass is 241 g/mol. The van der Waals surface area contributed by atoms with Gasteiger partial charge in [0.15, 0.2) is 0 Å². The van der Waals surface area contributed by atoms with Crippen molar-refractivity contribution in [3.8, 4) is 0 Å². The van der Waals surface area contributed by atoms with Crippen molar-refractivity contribution < 1.29 is 0 Å². The molecule has 0 spiro atoms. The van der Waals surface area contributed by atoms with Crippen molar-refractivity contribution >= 4 is 5.52 Å². The van der Waals surface area contributed by atoms with Gasteiger partial charge in [-0.05, 0) is 19.1 Å². The van der Waals surface area contributed by atoms with Crippen molar-refractivity contribution in [1.82, 2.24) is 19.2 Å². The molecular weight excluding hydrogens is 226 g/mol. The maximum atomic E-state index is 6.31. The molecule has 92 valence electrons. The molecule has 3 rings (SSSR count). The fourth-order valence-electron chi connectivity index (χ4n) is 2.20. The second-order valence-corrected chi connectivity index (χ2v) is 4.18. The average Bonchev–Trinajstić information content (AvgIpc) is 3.04. The maximum absolute atomic E-state index is 6.31. The van der Waals surface area contributed by atoms with Crippen molar-refractivity contribution in [3.05, 3.63) is 54.4 Å². The van der Waals surface area contributed by atoms with Crippen LogP contribution in [0.3, 0.4) is 0 Å². The van der Waals surface area contributed by atoms with Gasteiger partial charge in [-0.15, -0.1) is 0 Å². The number of aryl methyl sites for hydroxylation is 1. The fourth-order valence-corrected chi connectivity index (χ4v) is 2.20. The Morgan fingerprint density at radius 1 is 1.33 bits per heavy atom. The molecule has 3 heterocycles. The zero-order chi connectivity index (χ0) is 12.5. The van der Waals surface area contributed by atoms with E-state index in [4.69, 9.17) is 5.73 Å². The predicted octanol–water partition coefficient (Wildman–Crippen LogP) is 1.60. The number of hydrogen-bond acceptors (Lipinski definition) is 3. The smallest absolute Gasteiger partial charge is 0.130 e. The zero-order valence-electron chi connectivity index (χ0n) is 10.2. The molecule has 3 aromatic rings. The number of rotatable bonds is 3. The molecular formula is C13H15N5. The first-order valence-corrected chi connectivity index (χ1v) is 6.00. The third-order valence-electron chi connectivity index (χ3n) is 3.16. The zero-order valence-corrected chi connectivity index (χ0v) is 10.2. The third-order valence-corrected chi connectivity index (χ3v) is 3.16. The SMILES string of the molecule is CCn1ccnc1C(N)c1cnn2ccccc12. The first-order valence-electron chi connectivity index (χ1n) is 6.00. The molecule has 0 aliphatic heterocycles. The fraction of sp³-hybridized carbons (Fsp3) is 0.231. The van der Waals surface area contributed by atoms with Gasteiger partial charge in [-0.1, -0.05) is 6.07 Å². The molecule has 5 nitrogen and oxygen atoms in total. The minimum absolute atomic E-state index is 0.250. The molecule has 0 amide bonds. The summed E-state index contributed by atoms with van der Waals surface area (Å²) in [6, 6.07) is 5.70. The quantitative estimate of drug-likeness (QED) is 0.757. The second kappa shape index (κ2) is 4.27. The Balaban J connectivity index is 2.09. The van der Waals surface area contributed by atoms with Gasteiger partial charge in [0.25, 0.3) is 0 Å². The maximum Gasteiger partial charge on any atom is 0.130 e. The van der Waals surface area contributed by atoms with Crippen molar-refractivity contribution in [3.63, 3.8) is 0 Å². The third kappa shape index (κ3) is 1.60. The van der Waals surface area contributed by atoms with Gasteiger partial charge < -0.3 is 10.3 Å². The van der Waals surface area contributed by atoms with Crippen molar-refractivity contribution in [2.45, 2.75) is 19.5 Å². The number of imidazole rings is 1. The van der Waals surface area contributed by atoms with E-state index in [9.17, 15) is 0 Å². The Labute approximate surface area is 105 Å². The topological polar surface area (TPSA) is 61.1 Å². The molecule has 0 fully saturated rings. The van der Waals surface area contributed by atoms with E-state index in [2.05, 4.69) is 21.6 Å². The van der Waals surface area contributed by atoms with E-state index in [1.165, 1.54) is 0 Å². The Kier molecular flexibility index (Phi) is 2.60. The van der Waals surface area contributed by atoms with Crippen LogP contribution in [-0.2, 0) is 6.54 Å². The summed E-state index contributed by atoms with van der Waals surface area (Å²) in [5.41, 5.74) is 8.33. The average molecular weight is 241 g/mol. The lowest BCUT2D eigenvalue weighted by Crippen LogP contribution is -2.17. The highest BCUT2D eigenvalue weighted by atomic mass is 15.2. The van der Waals surface area contributed by atoms with E-state index < -0.39 is 0 Å². The van der Waals surface area contributed by atoms with E-state index in [0.717, 1.165) is 23.4 Å². The summed E-state index contributed by atoms with van der Waals surface area (Å²) < 4.78 is 3.88. The van der Waals surface area contributed by atoms with Crippen molar-refractivity contribution in [2.24, 2.45) is 5.73 Å². The van der Waals surface area contributed by atoms with Crippen LogP contribution in [0.25, 0.3) is 5.52 Å². The standard InChI is InChI=1S/C13H15N5/c1-2-17-8-6-15-13(17)12(14)10-9-16-18-7-4-3-5-11(10)18/h3-9,12H,2,14H2,1H3. The van der Waals surface area contributed by atoms with Gasteiger partial charge in [0, 0.05) is 30.7 Å². The Hall–Kier alpha value is -2.14. The minimum Gasteiger partial charge on any atom is -0.334 e. The molecule has 0 radical (unpaired) electrons. The van der Waals surface area contributed by atoms with E-state index >= 15 is 0 Å². The predicted molar refractivity (Wildman–Crippen MR) is 69.1 cm³/mol. The van der Waals surface area contributed by atoms with E-state index in [1.807, 2.05) is 41.3 Å². The number of pyridine rings is 1. The van der Waals surface area contributed by atoms with Gasteiger partial charge in [0.1, 0.15) is 5.82 Å². The summed E-state index contributed by atoms with van der Waals surface area (Å²) in [4.78, 5) is 4.35. The van der Waals surface area contributed by atoms with E-state index in [0.29, 0.717) is 0 Å². The van der Waals surface area contributed by atoms with Crippen LogP contribution in [0.5, 0.6) is 0 Å². The first kappa shape index (κ1) is 11.0. The molecule has 2 N–H and O–H groups in total. The Morgan fingerprint density at radius 2 is 2.22 bits per heavy atom. The van der Waals surface area contributed by atoms with Crippen LogP contribution < -0.4 is 5.73 Å². The normalized spacial score (nSPS) is 13.0. The number of fused-ring (bicyclic) bond motifs is 1. The number of nitrogens with two attached hydrogens (primary N) is 1. The molecule has 1 unspecified atom stereocenters. The Bertz CT molecular complexity index is 667. The van der Waals surface area contributed by atoms with Crippen LogP contribution in [0.15, 0.2) is 43.0 Å². The summed E-state index contributed by atoms with van der Waals surface area (Å²) in [7, 11) is 0. The van der Waals surface area contributed by atoms with E-state index in [1.54, 1.807) is 6.20 Å². The van der Waals surface area contributed by atoms with Gasteiger partial charge in [-0.3, -0.25) is 0 Å². The molecule has 18 heavy (non-hydrogen) atoms. The second-order valence-electron chi connectivity index (χ2n) is 4.18. The molecule has 0 saturated carbocycles. The van der Waals surface area contributed by atoms with Crippen LogP contribution in [0.1, 0.15) is 24.4 Å². The van der Waals surface area contributed by atoms with Gasteiger partial charge in [-0.25, -0.2) is 9.50 Å². The molecule has 3 aromatic heterocycles. The molecule has 0 aliphatic carbocycles. The highest BCUT2D eigenvalue weighted by Crippen LogP contribution is 2.22. The highest BCUT2D eigenvalue weighted by Gasteiger charge is 2.18. The van der Waals surface area contributed by atoms with Crippen LogP contribution in [0, 0.1) is 0 Å². The molecule has 0 saturated heterocycles. The van der Waals surface area contributed by atoms with Crippen LogP contribution in [-0.4, -0.2) is 19.2 Å². The van der Waals surface area contributed by atoms with Crippen LogP contribution in [0.4, 0.5) is 0 Å². The van der Waals surface area contributed by atoms with Crippen LogP contribution in [0.2, 0.25) is 0 Å². The Morgan fingerprint density at radius 3 is 3.06 bits per heavy atom. The van der Waals surface area contributed by atoms with Crippen molar-refractivity contribution in [2.75, 3.05) is 0 Å². The summed E-state index contributed by atoms with van der Waals surface area (Å²) in [5.74, 6) is 0.872. The largest absolute Gasteiger partial charge is 0.334 e. The summed E-state index contributed by atoms with van der Waals surface area (Å²) in [6.45, 7) is 2.94. The lowest BCUT2D eigenvalue weighted by atomic mass is 10.1. The van der Waals surface area contributed by atoms with Crippen LogP contribution >= 0.6 is 0 Å². The summed E-state index contributed by atoms with van der Waals surface area (Å²) >= 11 is 0. The summed E-state index contributed by atoms with van der Waals surface area (Å²) in [6.07, 6.45) is 7.46.